The first-order valence-electron chi connectivity index (χ1n) is 15.6. The number of aliphatic hydroxyl groups is 1. The van der Waals surface area contributed by atoms with Gasteiger partial charge in [-0.05, 0) is 62.4 Å². The Morgan fingerprint density at radius 3 is 2.45 bits per heavy atom. The number of hydrogen-bond donors (Lipinski definition) is 1. The monoisotopic (exact) mass is 617 g/mol. The fourth-order valence-electron chi connectivity index (χ4n) is 7.23. The van der Waals surface area contributed by atoms with Gasteiger partial charge >= 0.3 is 0 Å². The van der Waals surface area contributed by atoms with Crippen LogP contribution >= 0.6 is 11.8 Å². The summed E-state index contributed by atoms with van der Waals surface area (Å²) in [5.74, 6) is -0.765. The molecule has 1 spiro atoms. The van der Waals surface area contributed by atoms with Gasteiger partial charge in [-0.2, -0.15) is 0 Å². The molecule has 3 aliphatic heterocycles. The van der Waals surface area contributed by atoms with E-state index >= 15 is 0 Å². The highest BCUT2D eigenvalue weighted by Gasteiger charge is 2.74. The lowest BCUT2D eigenvalue weighted by atomic mass is 9.70. The van der Waals surface area contributed by atoms with Crippen LogP contribution in [0.15, 0.2) is 79.9 Å². The Balaban J connectivity index is 1.49. The predicted octanol–water partition coefficient (Wildman–Crippen LogP) is 4.68. The van der Waals surface area contributed by atoms with Gasteiger partial charge in [0, 0.05) is 43.7 Å². The van der Waals surface area contributed by atoms with Gasteiger partial charge in [0.2, 0.25) is 17.7 Å². The summed E-state index contributed by atoms with van der Waals surface area (Å²) in [5.41, 5.74) is 1.72. The summed E-state index contributed by atoms with van der Waals surface area (Å²) in [4.78, 5) is 48.7. The molecule has 3 aliphatic rings. The SMILES string of the molecule is C=CCN(Cc1ccccc1)C(=O)C1N(CCCCO)C(=O)[C@@H]2[C@H](C(=O)N(CC=C)c3ccc(OCC)cc3)[C@@H]3CCC12S3. The van der Waals surface area contributed by atoms with Crippen LogP contribution in [-0.2, 0) is 20.9 Å². The molecule has 0 saturated carbocycles. The van der Waals surface area contributed by atoms with Gasteiger partial charge in [0.15, 0.2) is 0 Å². The Bertz CT molecular complexity index is 1350. The lowest BCUT2D eigenvalue weighted by Crippen LogP contribution is -2.55. The van der Waals surface area contributed by atoms with E-state index in [1.807, 2.05) is 61.5 Å². The number of ether oxygens (including phenoxy) is 1. The van der Waals surface area contributed by atoms with Gasteiger partial charge in [0.25, 0.3) is 0 Å². The number of carbonyl (C=O) groups is 3. The number of amides is 3. The Labute approximate surface area is 264 Å². The Hall–Kier alpha value is -3.56. The minimum absolute atomic E-state index is 0.0162. The molecule has 0 aliphatic carbocycles. The number of carbonyl (C=O) groups excluding carboxylic acids is 3. The van der Waals surface area contributed by atoms with Crippen molar-refractivity contribution in [3.05, 3.63) is 85.5 Å². The van der Waals surface area contributed by atoms with Gasteiger partial charge in [-0.25, -0.2) is 0 Å². The number of thioether (sulfide) groups is 1. The molecular weight excluding hydrogens is 574 g/mol. The van der Waals surface area contributed by atoms with Crippen LogP contribution in [0.25, 0.3) is 0 Å². The van der Waals surface area contributed by atoms with Crippen molar-refractivity contribution >= 4 is 35.2 Å². The number of nitrogens with zero attached hydrogens (tertiary/aromatic N) is 3. The molecule has 234 valence electrons. The van der Waals surface area contributed by atoms with Crippen LogP contribution in [0.2, 0.25) is 0 Å². The zero-order valence-corrected chi connectivity index (χ0v) is 26.3. The average Bonchev–Trinajstić information content (AvgIpc) is 3.68. The minimum atomic E-state index is -0.687. The molecule has 2 aromatic carbocycles. The standard InChI is InChI=1S/C35H43N3O5S/c1-4-20-36(24-25-12-8-7-9-13-25)34(42)31-35-19-18-28(44-35)29(30(35)33(41)38(31)22-10-11-23-39)32(40)37(21-5-2)26-14-16-27(17-15-26)43-6-3/h4-5,7-9,12-17,28-31,39H,1-2,6,10-11,18-24H2,3H3/t28-,29+,30-,31?,35?/m0/s1. The van der Waals surface area contributed by atoms with Crippen molar-refractivity contribution in [2.75, 3.05) is 37.7 Å². The molecular formula is C35H43N3O5S. The summed E-state index contributed by atoms with van der Waals surface area (Å²) in [7, 11) is 0. The Kier molecular flexibility index (Phi) is 10.2. The Morgan fingerprint density at radius 2 is 1.80 bits per heavy atom. The maximum absolute atomic E-state index is 14.6. The van der Waals surface area contributed by atoms with Gasteiger partial charge in [0.05, 0.1) is 23.2 Å². The molecule has 0 radical (unpaired) electrons. The summed E-state index contributed by atoms with van der Waals surface area (Å²) in [6.45, 7) is 11.7. The van der Waals surface area contributed by atoms with E-state index in [1.54, 1.807) is 38.6 Å². The normalized spacial score (nSPS) is 25.0. The van der Waals surface area contributed by atoms with Crippen molar-refractivity contribution in [3.63, 3.8) is 0 Å². The number of rotatable bonds is 15. The zero-order chi connectivity index (χ0) is 31.3. The van der Waals surface area contributed by atoms with E-state index in [9.17, 15) is 19.5 Å². The van der Waals surface area contributed by atoms with Crippen LogP contribution in [0.1, 0.15) is 38.2 Å². The van der Waals surface area contributed by atoms with Crippen LogP contribution in [0, 0.1) is 11.8 Å². The molecule has 1 N–H and O–H groups in total. The number of aliphatic hydroxyl groups excluding tert-OH is 1. The van der Waals surface area contributed by atoms with Crippen molar-refractivity contribution < 1.29 is 24.2 Å². The summed E-state index contributed by atoms with van der Waals surface area (Å²) >= 11 is 1.67. The molecule has 3 heterocycles. The first kappa shape index (κ1) is 31.9. The third kappa shape index (κ3) is 5.92. The molecule has 2 aromatic rings. The van der Waals surface area contributed by atoms with Gasteiger partial charge < -0.3 is 24.5 Å². The first-order valence-corrected chi connectivity index (χ1v) is 16.5. The lowest BCUT2D eigenvalue weighted by Gasteiger charge is -2.37. The fraction of sp³-hybridized carbons (Fsp3) is 0.457. The maximum Gasteiger partial charge on any atom is 0.247 e. The first-order chi connectivity index (χ1) is 21.4. The molecule has 3 fully saturated rings. The van der Waals surface area contributed by atoms with E-state index in [0.717, 1.165) is 23.4 Å². The number of anilines is 1. The summed E-state index contributed by atoms with van der Waals surface area (Å²) in [6, 6.07) is 16.6. The summed E-state index contributed by atoms with van der Waals surface area (Å²) < 4.78 is 4.91. The second-order valence-electron chi connectivity index (χ2n) is 11.7. The van der Waals surface area contributed by atoms with Crippen molar-refractivity contribution in [2.45, 2.75) is 55.2 Å². The van der Waals surface area contributed by atoms with Crippen molar-refractivity contribution in [3.8, 4) is 5.75 Å². The van der Waals surface area contributed by atoms with Gasteiger partial charge in [-0.3, -0.25) is 14.4 Å². The van der Waals surface area contributed by atoms with E-state index in [-0.39, 0.29) is 29.6 Å². The molecule has 44 heavy (non-hydrogen) atoms. The van der Waals surface area contributed by atoms with Gasteiger partial charge in [0.1, 0.15) is 11.8 Å². The number of hydrogen-bond acceptors (Lipinski definition) is 6. The third-order valence-corrected chi connectivity index (χ3v) is 11.0. The van der Waals surface area contributed by atoms with E-state index in [1.165, 1.54) is 0 Å². The molecule has 0 aromatic heterocycles. The van der Waals surface area contributed by atoms with E-state index in [4.69, 9.17) is 4.74 Å². The molecule has 5 rings (SSSR count). The van der Waals surface area contributed by atoms with E-state index in [2.05, 4.69) is 13.2 Å². The van der Waals surface area contributed by atoms with Crippen molar-refractivity contribution in [1.82, 2.24) is 9.80 Å². The minimum Gasteiger partial charge on any atom is -0.494 e. The van der Waals surface area contributed by atoms with E-state index in [0.29, 0.717) is 52.0 Å². The van der Waals surface area contributed by atoms with Crippen LogP contribution in [0.3, 0.4) is 0 Å². The largest absolute Gasteiger partial charge is 0.494 e. The number of fused-ring (bicyclic) bond motifs is 1. The highest BCUT2D eigenvalue weighted by molar-refractivity contribution is 8.02. The van der Waals surface area contributed by atoms with Crippen LogP contribution in [-0.4, -0.2) is 81.5 Å². The highest BCUT2D eigenvalue weighted by Crippen LogP contribution is 2.66. The van der Waals surface area contributed by atoms with Crippen LogP contribution in [0.4, 0.5) is 5.69 Å². The quantitative estimate of drug-likeness (QED) is 0.231. The van der Waals surface area contributed by atoms with Gasteiger partial charge in [-0.1, -0.05) is 42.5 Å². The van der Waals surface area contributed by atoms with Crippen LogP contribution < -0.4 is 9.64 Å². The van der Waals surface area contributed by atoms with E-state index < -0.39 is 22.6 Å². The number of unbranched alkanes of at least 4 members (excludes halogenated alkanes) is 1. The predicted molar refractivity (Wildman–Crippen MR) is 174 cm³/mol. The molecule has 2 bridgehead atoms. The Morgan fingerprint density at radius 1 is 1.07 bits per heavy atom. The molecule has 9 heteroatoms. The fourth-order valence-corrected chi connectivity index (χ4v) is 9.44. The number of benzene rings is 2. The number of likely N-dealkylation sites (tertiary alicyclic amines) is 1. The maximum atomic E-state index is 14.6. The van der Waals surface area contributed by atoms with Gasteiger partial charge in [-0.15, -0.1) is 24.9 Å². The second kappa shape index (κ2) is 14.0. The van der Waals surface area contributed by atoms with Crippen molar-refractivity contribution in [2.24, 2.45) is 11.8 Å². The highest BCUT2D eigenvalue weighted by atomic mass is 32.2. The smallest absolute Gasteiger partial charge is 0.247 e. The summed E-state index contributed by atoms with van der Waals surface area (Å²) in [5, 5.41) is 9.44. The lowest BCUT2D eigenvalue weighted by molar-refractivity contribution is -0.143. The topological polar surface area (TPSA) is 90.4 Å². The molecule has 5 atom stereocenters. The second-order valence-corrected chi connectivity index (χ2v) is 13.3. The molecule has 8 nitrogen and oxygen atoms in total. The molecule has 3 amide bonds. The molecule has 2 unspecified atom stereocenters. The zero-order valence-electron chi connectivity index (χ0n) is 25.5. The third-order valence-electron chi connectivity index (χ3n) is 9.04. The molecule has 3 saturated heterocycles. The summed E-state index contributed by atoms with van der Waals surface area (Å²) in [6.07, 6.45) is 6.00. The van der Waals surface area contributed by atoms with Crippen LogP contribution in [0.5, 0.6) is 5.75 Å². The van der Waals surface area contributed by atoms with Crippen molar-refractivity contribution in [1.29, 1.82) is 0 Å². The average molecular weight is 618 g/mol.